The summed E-state index contributed by atoms with van der Waals surface area (Å²) in [5.41, 5.74) is 25.5. The van der Waals surface area contributed by atoms with Crippen LogP contribution in [0.15, 0.2) is 192 Å². The molecule has 109 heavy (non-hydrogen) atoms. The van der Waals surface area contributed by atoms with Crippen molar-refractivity contribution in [2.75, 3.05) is 59.9 Å². The maximum absolute atomic E-state index is 18.1. The lowest BCUT2D eigenvalue weighted by atomic mass is 9.82. The van der Waals surface area contributed by atoms with Crippen molar-refractivity contribution in [3.05, 3.63) is 271 Å². The lowest BCUT2D eigenvalue weighted by molar-refractivity contribution is -0.162. The zero-order valence-electron chi connectivity index (χ0n) is 67.3. The molecule has 12 heteroatoms. The Hall–Kier alpha value is -9.58. The molecule has 0 bridgehead atoms. The summed E-state index contributed by atoms with van der Waals surface area (Å²) >= 11 is 7.69. The Morgan fingerprint density at radius 1 is 0.468 bits per heavy atom. The van der Waals surface area contributed by atoms with Crippen molar-refractivity contribution in [1.82, 2.24) is 0 Å². The molecule has 8 aromatic carbocycles. The standard InChI is InChI=1S/C97H112ClFN6O4/c1-17-96(11,12)94(106)108-75-46-37-69(38-47-75)100-88-55-53-82(78-29-22-24-31-80(78)88)90(68-35-41-71(42-36-68)104(19-3)20-4)84-51-45-74(60-86(84)98)105(21-5)58-57-67-34-33-64(8)93(66(67)10)103(16)73-44-52-85(87(99)61-73)91(77-50-43-72(59-65(77)9)102(15)92-62(6)27-26-28-63(92)7)83-54-56-89(81-32-25-23-30-79(81)83)101-70-39-48-76(49-40-70)109-95(107)97(13,14)18-2/h22-36,41-45,50-56,59-61,69-70,75-76H,17-21,37-40,46-49,57-58H2,1-16H3/b90-82+,91-83-,100-88?,101-89?. The number of rotatable bonds is 24. The molecule has 0 N–H and O–H groups in total. The van der Waals surface area contributed by atoms with E-state index in [-0.39, 0.29) is 42.0 Å². The van der Waals surface area contributed by atoms with Gasteiger partial charge in [0.05, 0.1) is 39.4 Å². The molecule has 568 valence electrons. The van der Waals surface area contributed by atoms with Crippen molar-refractivity contribution in [3.63, 3.8) is 0 Å². The molecule has 0 saturated heterocycles. The molecule has 8 aromatic rings. The van der Waals surface area contributed by atoms with Crippen LogP contribution >= 0.6 is 11.6 Å². The Morgan fingerprint density at radius 3 is 1.42 bits per heavy atom. The normalized spacial score (nSPS) is 18.8. The molecule has 10 nitrogen and oxygen atoms in total. The fourth-order valence-corrected chi connectivity index (χ4v) is 16.6. The average molecular weight is 1480 g/mol. The first-order valence-corrected chi connectivity index (χ1v) is 40.3. The van der Waals surface area contributed by atoms with E-state index in [1.54, 1.807) is 6.07 Å². The molecule has 12 rings (SSSR count). The number of aliphatic imine (C=N–C) groups is 2. The number of ether oxygens (including phenoxy) is 2. The Balaban J connectivity index is 0.824. The Bertz CT molecular complexity index is 4860. The number of likely N-dealkylation sites (N-methyl/N-ethyl adjacent to an activating group) is 1. The summed E-state index contributed by atoms with van der Waals surface area (Å²) in [7, 11) is 4.17. The van der Waals surface area contributed by atoms with E-state index in [0.29, 0.717) is 10.6 Å². The van der Waals surface area contributed by atoms with Gasteiger partial charge in [-0.15, -0.1) is 0 Å². The molecule has 0 unspecified atom stereocenters. The smallest absolute Gasteiger partial charge is 0.311 e. The van der Waals surface area contributed by atoms with E-state index in [9.17, 15) is 9.59 Å². The Labute approximate surface area is 654 Å². The largest absolute Gasteiger partial charge is 0.462 e. The van der Waals surface area contributed by atoms with E-state index < -0.39 is 10.8 Å². The van der Waals surface area contributed by atoms with Crippen molar-refractivity contribution in [1.29, 1.82) is 0 Å². The van der Waals surface area contributed by atoms with E-state index >= 15 is 4.39 Å². The summed E-state index contributed by atoms with van der Waals surface area (Å²) in [6.07, 6.45) is 17.3. The van der Waals surface area contributed by atoms with Crippen LogP contribution in [0.4, 0.5) is 38.5 Å². The summed E-state index contributed by atoms with van der Waals surface area (Å²) in [6.45, 7) is 32.6. The number of hydrogen-bond donors (Lipinski definition) is 0. The van der Waals surface area contributed by atoms with E-state index in [1.807, 2.05) is 47.6 Å². The van der Waals surface area contributed by atoms with Crippen LogP contribution in [0.5, 0.6) is 0 Å². The highest BCUT2D eigenvalue weighted by atomic mass is 35.5. The quantitative estimate of drug-likeness (QED) is 0.0553. The highest BCUT2D eigenvalue weighted by Gasteiger charge is 2.35. The monoisotopic (exact) mass is 1480 g/mol. The predicted molar refractivity (Wildman–Crippen MR) is 457 cm³/mol. The number of nitrogens with zero attached hydrogens (tertiary/aromatic N) is 6. The van der Waals surface area contributed by atoms with Crippen molar-refractivity contribution >= 4 is 91.4 Å². The van der Waals surface area contributed by atoms with Crippen molar-refractivity contribution in [2.45, 2.75) is 192 Å². The lowest BCUT2D eigenvalue weighted by Gasteiger charge is -2.30. The number of fused-ring (bicyclic) bond motifs is 2. The second kappa shape index (κ2) is 34.1. The predicted octanol–water partition coefficient (Wildman–Crippen LogP) is 23.7. The minimum absolute atomic E-state index is 0.0745. The number of allylic oxidation sites excluding steroid dienone is 6. The van der Waals surface area contributed by atoms with E-state index in [4.69, 9.17) is 31.1 Å². The summed E-state index contributed by atoms with van der Waals surface area (Å²) in [6, 6.07) is 55.9. The van der Waals surface area contributed by atoms with E-state index in [1.165, 1.54) is 28.1 Å². The molecule has 0 atom stereocenters. The molecule has 0 aliphatic heterocycles. The fourth-order valence-electron chi connectivity index (χ4n) is 16.4. The van der Waals surface area contributed by atoms with Crippen molar-refractivity contribution in [2.24, 2.45) is 20.8 Å². The second-order valence-corrected chi connectivity index (χ2v) is 32.2. The van der Waals surface area contributed by atoms with Gasteiger partial charge in [-0.1, -0.05) is 141 Å². The van der Waals surface area contributed by atoms with Crippen LogP contribution in [-0.2, 0) is 25.5 Å². The molecule has 4 aliphatic carbocycles. The van der Waals surface area contributed by atoms with E-state index in [2.05, 4.69) is 259 Å². The molecule has 0 aromatic heterocycles. The van der Waals surface area contributed by atoms with E-state index in [0.717, 1.165) is 209 Å². The number of carbonyl (C=O) groups is 2. The zero-order valence-corrected chi connectivity index (χ0v) is 68.1. The van der Waals surface area contributed by atoms with Gasteiger partial charge in [-0.3, -0.25) is 19.6 Å². The van der Waals surface area contributed by atoms with Crippen LogP contribution in [0.25, 0.3) is 22.3 Å². The summed E-state index contributed by atoms with van der Waals surface area (Å²) in [5, 5.41) is 0.667. The van der Waals surface area contributed by atoms with Gasteiger partial charge in [-0.25, -0.2) is 4.39 Å². The number of anilines is 6. The molecular weight excluding hydrogens is 1370 g/mol. The molecule has 0 amide bonds. The number of halogens is 2. The molecule has 4 aliphatic rings. The Kier molecular flexibility index (Phi) is 24.7. The summed E-state index contributed by atoms with van der Waals surface area (Å²) in [5.74, 6) is -0.557. The van der Waals surface area contributed by atoms with Gasteiger partial charge in [0.1, 0.15) is 18.0 Å². The summed E-state index contributed by atoms with van der Waals surface area (Å²) < 4.78 is 30.2. The highest BCUT2D eigenvalue weighted by molar-refractivity contribution is 6.33. The number of carbonyl (C=O) groups excluding carboxylic acids is 2. The first-order chi connectivity index (χ1) is 52.3. The van der Waals surface area contributed by atoms with Gasteiger partial charge < -0.3 is 29.1 Å². The molecule has 2 saturated carbocycles. The molecule has 2 fully saturated rings. The topological polar surface area (TPSA) is 90.3 Å². The van der Waals surface area contributed by atoms with Gasteiger partial charge in [0.15, 0.2) is 0 Å². The maximum Gasteiger partial charge on any atom is 0.311 e. The SMILES string of the molecule is CCN(CC)c1ccc(/C(=C2/C=CC(=NC3CCC(OC(=O)C(C)(C)CC)CC3)c3ccccc32)c2ccc(N(CC)CCc3ccc(C)c(N(C)c4ccc(/C(=C5/C=CC(=NC6CCC(OC(=O)C(C)(C)CC)CC6)c6ccccc65)c5ccc(N(C)c6c(C)cccc6C)cc5C)c(F)c4)c3C)cc2Cl)cc1. The van der Waals surface area contributed by atoms with Crippen LogP contribution in [0.1, 0.15) is 204 Å². The molecule has 0 radical (unpaired) electrons. The van der Waals surface area contributed by atoms with Gasteiger partial charge in [-0.05, 0) is 298 Å². The zero-order chi connectivity index (χ0) is 77.6. The highest BCUT2D eigenvalue weighted by Crippen LogP contribution is 2.46. The first-order valence-electron chi connectivity index (χ1n) is 39.9. The van der Waals surface area contributed by atoms with Crippen LogP contribution in [-0.4, -0.2) is 87.9 Å². The number of esters is 2. The van der Waals surface area contributed by atoms with Crippen molar-refractivity contribution in [3.8, 4) is 0 Å². The van der Waals surface area contributed by atoms with Crippen LogP contribution < -0.4 is 19.6 Å². The second-order valence-electron chi connectivity index (χ2n) is 31.8. The van der Waals surface area contributed by atoms with Crippen LogP contribution in [0, 0.1) is 51.3 Å². The number of para-hydroxylation sites is 1. The lowest BCUT2D eigenvalue weighted by Crippen LogP contribution is -2.33. The third-order valence-electron chi connectivity index (χ3n) is 23.9. The van der Waals surface area contributed by atoms with Crippen molar-refractivity contribution < 1.29 is 23.5 Å². The van der Waals surface area contributed by atoms with Crippen LogP contribution in [0.3, 0.4) is 0 Å². The Morgan fingerprint density at radius 2 is 0.927 bits per heavy atom. The van der Waals surface area contributed by atoms with Gasteiger partial charge in [0.25, 0.3) is 0 Å². The third-order valence-corrected chi connectivity index (χ3v) is 24.2. The van der Waals surface area contributed by atoms with Gasteiger partial charge >= 0.3 is 11.9 Å². The van der Waals surface area contributed by atoms with Crippen LogP contribution in [0.2, 0.25) is 5.02 Å². The minimum atomic E-state index is -0.509. The molecular formula is C97H112ClFN6O4. The third kappa shape index (κ3) is 17.1. The maximum atomic E-state index is 18.1. The number of benzene rings is 8. The summed E-state index contributed by atoms with van der Waals surface area (Å²) in [4.78, 5) is 46.1. The fraction of sp³-hybridized carbons (Fsp3) is 0.381. The number of hydrogen-bond acceptors (Lipinski definition) is 10. The van der Waals surface area contributed by atoms with Gasteiger partial charge in [-0.2, -0.15) is 0 Å². The van der Waals surface area contributed by atoms with Gasteiger partial charge in [0, 0.05) is 96.7 Å². The molecule has 0 spiro atoms. The molecule has 0 heterocycles. The average Bonchev–Trinajstić information content (AvgIpc) is 0.753. The van der Waals surface area contributed by atoms with Gasteiger partial charge in [0.2, 0.25) is 0 Å². The first kappa shape index (κ1) is 79.0. The number of aryl methyl sites for hydroxylation is 4. The minimum Gasteiger partial charge on any atom is -0.462 e.